The molecule has 0 aliphatic carbocycles. The van der Waals surface area contributed by atoms with Crippen molar-refractivity contribution in [3.63, 3.8) is 0 Å². The van der Waals surface area contributed by atoms with Gasteiger partial charge in [0.2, 0.25) is 0 Å². The number of carbonyl (C=O) groups is 1. The third-order valence-electron chi connectivity index (χ3n) is 7.22. The summed E-state index contributed by atoms with van der Waals surface area (Å²) in [4.78, 5) is 27.5. The van der Waals surface area contributed by atoms with E-state index in [9.17, 15) is 9.90 Å². The molecule has 0 radical (unpaired) electrons. The number of amides is 1. The first-order valence-electron chi connectivity index (χ1n) is 11.8. The standard InChI is InChI=1S/C30H18N4O2/c35-29-25-26(28(34-29)16-10-12-24-20(14-16)18-6-2-4-8-22(18)32-24)30(36)33-27(25)15-9-11-23-19(13-15)17-5-1-3-7-21(17)31-23/h1-14,31-33,36H. The van der Waals surface area contributed by atoms with Gasteiger partial charge in [-0.05, 0) is 42.0 Å². The minimum atomic E-state index is -0.357. The van der Waals surface area contributed by atoms with Crippen molar-refractivity contribution in [2.45, 2.75) is 0 Å². The summed E-state index contributed by atoms with van der Waals surface area (Å²) in [5, 5.41) is 15.3. The van der Waals surface area contributed by atoms with Crippen molar-refractivity contribution < 1.29 is 9.90 Å². The van der Waals surface area contributed by atoms with E-state index in [0.29, 0.717) is 22.5 Å². The van der Waals surface area contributed by atoms with Gasteiger partial charge in [0, 0.05) is 49.2 Å². The molecule has 0 fully saturated rings. The molecule has 7 aromatic rings. The van der Waals surface area contributed by atoms with Crippen LogP contribution in [0.5, 0.6) is 5.88 Å². The molecule has 6 heteroatoms. The molecule has 6 nitrogen and oxygen atoms in total. The van der Waals surface area contributed by atoms with Crippen molar-refractivity contribution in [1.82, 2.24) is 15.0 Å². The molecule has 0 bridgehead atoms. The van der Waals surface area contributed by atoms with Gasteiger partial charge in [0.05, 0.1) is 22.5 Å². The molecule has 1 aliphatic rings. The van der Waals surface area contributed by atoms with E-state index in [0.717, 1.165) is 54.7 Å². The number of nitrogens with zero attached hydrogens (tertiary/aromatic N) is 1. The molecule has 170 valence electrons. The maximum absolute atomic E-state index is 13.2. The number of aromatic amines is 3. The number of para-hydroxylation sites is 2. The van der Waals surface area contributed by atoms with Crippen LogP contribution in [0.1, 0.15) is 21.5 Å². The predicted molar refractivity (Wildman–Crippen MR) is 143 cm³/mol. The van der Waals surface area contributed by atoms with Crippen LogP contribution in [0.3, 0.4) is 0 Å². The molecule has 4 aromatic carbocycles. The Hall–Kier alpha value is -5.10. The Morgan fingerprint density at radius 1 is 0.583 bits per heavy atom. The van der Waals surface area contributed by atoms with Crippen molar-refractivity contribution in [3.8, 4) is 17.1 Å². The van der Waals surface area contributed by atoms with Crippen LogP contribution in [0.15, 0.2) is 89.9 Å². The van der Waals surface area contributed by atoms with Crippen LogP contribution in [0, 0.1) is 0 Å². The van der Waals surface area contributed by atoms with Crippen molar-refractivity contribution in [1.29, 1.82) is 0 Å². The minimum Gasteiger partial charge on any atom is -0.494 e. The van der Waals surface area contributed by atoms with Gasteiger partial charge in [-0.3, -0.25) is 4.79 Å². The summed E-state index contributed by atoms with van der Waals surface area (Å²) in [7, 11) is 0. The molecule has 0 saturated heterocycles. The lowest BCUT2D eigenvalue weighted by Crippen LogP contribution is -1.99. The van der Waals surface area contributed by atoms with E-state index in [1.54, 1.807) is 0 Å². The second-order valence-electron chi connectivity index (χ2n) is 9.23. The molecular weight excluding hydrogens is 448 g/mol. The number of hydrogen-bond acceptors (Lipinski definition) is 2. The fourth-order valence-corrected chi connectivity index (χ4v) is 5.57. The molecule has 0 spiro atoms. The van der Waals surface area contributed by atoms with Gasteiger partial charge >= 0.3 is 0 Å². The SMILES string of the molecule is O=C1N=C(c2ccc3[nH]c4ccccc4c3c2)c2c(O)[nH]c(-c3ccc4[nH]c5ccccc5c4c3)c21. The zero-order chi connectivity index (χ0) is 24.0. The first-order chi connectivity index (χ1) is 17.7. The van der Waals surface area contributed by atoms with Crippen LogP contribution in [-0.4, -0.2) is 31.7 Å². The number of hydrogen-bond donors (Lipinski definition) is 4. The Morgan fingerprint density at radius 3 is 1.81 bits per heavy atom. The minimum absolute atomic E-state index is 0.0531. The quantitative estimate of drug-likeness (QED) is 0.230. The average molecular weight is 467 g/mol. The summed E-state index contributed by atoms with van der Waals surface area (Å²) in [6.45, 7) is 0. The summed E-state index contributed by atoms with van der Waals surface area (Å²) in [6.07, 6.45) is 0. The number of aromatic hydroxyl groups is 1. The van der Waals surface area contributed by atoms with Crippen molar-refractivity contribution in [3.05, 3.63) is 102 Å². The maximum atomic E-state index is 13.2. The summed E-state index contributed by atoms with van der Waals surface area (Å²) >= 11 is 0. The molecule has 36 heavy (non-hydrogen) atoms. The average Bonchev–Trinajstić information content (AvgIpc) is 3.64. The third kappa shape index (κ3) is 2.50. The van der Waals surface area contributed by atoms with Gasteiger partial charge in [-0.25, -0.2) is 4.99 Å². The van der Waals surface area contributed by atoms with Gasteiger partial charge in [-0.1, -0.05) is 48.5 Å². The number of aliphatic imine (C=N–C) groups is 1. The van der Waals surface area contributed by atoms with Crippen LogP contribution in [-0.2, 0) is 0 Å². The number of nitrogens with one attached hydrogen (secondary N) is 3. The monoisotopic (exact) mass is 466 g/mol. The Labute approximate surface area is 203 Å². The van der Waals surface area contributed by atoms with Gasteiger partial charge < -0.3 is 20.1 Å². The number of carbonyl (C=O) groups excluding carboxylic acids is 1. The van der Waals surface area contributed by atoms with E-state index >= 15 is 0 Å². The highest BCUT2D eigenvalue weighted by atomic mass is 16.3. The van der Waals surface area contributed by atoms with Crippen LogP contribution in [0.4, 0.5) is 0 Å². The van der Waals surface area contributed by atoms with Gasteiger partial charge in [-0.15, -0.1) is 0 Å². The molecule has 1 amide bonds. The van der Waals surface area contributed by atoms with E-state index in [2.05, 4.69) is 32.1 Å². The highest BCUT2D eigenvalue weighted by Crippen LogP contribution is 2.40. The molecule has 4 N–H and O–H groups in total. The second kappa shape index (κ2) is 6.73. The largest absolute Gasteiger partial charge is 0.494 e. The molecule has 3 aromatic heterocycles. The number of benzene rings is 4. The summed E-state index contributed by atoms with van der Waals surface area (Å²) in [5.74, 6) is -0.410. The Bertz CT molecular complexity index is 2090. The second-order valence-corrected chi connectivity index (χ2v) is 9.23. The number of rotatable bonds is 2. The lowest BCUT2D eigenvalue weighted by Gasteiger charge is -2.02. The smallest absolute Gasteiger partial charge is 0.280 e. The molecule has 4 heterocycles. The number of aromatic nitrogens is 3. The van der Waals surface area contributed by atoms with Crippen molar-refractivity contribution >= 4 is 55.2 Å². The third-order valence-corrected chi connectivity index (χ3v) is 7.22. The molecule has 0 atom stereocenters. The van der Waals surface area contributed by atoms with E-state index in [1.807, 2.05) is 72.8 Å². The van der Waals surface area contributed by atoms with Crippen molar-refractivity contribution in [2.24, 2.45) is 4.99 Å². The topological polar surface area (TPSA) is 97.0 Å². The normalized spacial score (nSPS) is 13.3. The first-order valence-corrected chi connectivity index (χ1v) is 11.8. The molecule has 0 saturated carbocycles. The maximum Gasteiger partial charge on any atom is 0.280 e. The van der Waals surface area contributed by atoms with Crippen LogP contribution >= 0.6 is 0 Å². The zero-order valence-electron chi connectivity index (χ0n) is 18.9. The summed E-state index contributed by atoms with van der Waals surface area (Å²) < 4.78 is 0. The lowest BCUT2D eigenvalue weighted by molar-refractivity contribution is 0.101. The molecule has 1 aliphatic heterocycles. The van der Waals surface area contributed by atoms with Gasteiger partial charge in [0.25, 0.3) is 5.91 Å². The number of fused-ring (bicyclic) bond motifs is 7. The van der Waals surface area contributed by atoms with Crippen LogP contribution in [0.2, 0.25) is 0 Å². The fraction of sp³-hybridized carbons (Fsp3) is 0. The predicted octanol–water partition coefficient (Wildman–Crippen LogP) is 6.65. The summed E-state index contributed by atoms with van der Waals surface area (Å²) in [5.41, 5.74) is 7.65. The van der Waals surface area contributed by atoms with Crippen LogP contribution < -0.4 is 0 Å². The molecular formula is C30H18N4O2. The van der Waals surface area contributed by atoms with Gasteiger partial charge in [-0.2, -0.15) is 0 Å². The first kappa shape index (κ1) is 19.2. The zero-order valence-corrected chi connectivity index (χ0v) is 18.9. The highest BCUT2D eigenvalue weighted by molar-refractivity contribution is 6.31. The lowest BCUT2D eigenvalue weighted by atomic mass is 9.98. The van der Waals surface area contributed by atoms with Gasteiger partial charge in [0.1, 0.15) is 0 Å². The Balaban J connectivity index is 1.30. The van der Waals surface area contributed by atoms with Gasteiger partial charge in [0.15, 0.2) is 5.88 Å². The van der Waals surface area contributed by atoms with Crippen LogP contribution in [0.25, 0.3) is 54.9 Å². The molecule has 0 unspecified atom stereocenters. The highest BCUT2D eigenvalue weighted by Gasteiger charge is 2.33. The summed E-state index contributed by atoms with van der Waals surface area (Å²) in [6, 6.07) is 28.2. The van der Waals surface area contributed by atoms with Crippen molar-refractivity contribution in [2.75, 3.05) is 0 Å². The van der Waals surface area contributed by atoms with E-state index in [-0.39, 0.29) is 11.8 Å². The molecule has 8 rings (SSSR count). The Morgan fingerprint density at radius 2 is 1.14 bits per heavy atom. The fourth-order valence-electron chi connectivity index (χ4n) is 5.57. The number of H-pyrrole nitrogens is 3. The Kier molecular flexibility index (Phi) is 3.60. The van der Waals surface area contributed by atoms with E-state index in [4.69, 9.17) is 0 Å². The van der Waals surface area contributed by atoms with E-state index < -0.39 is 0 Å². The van der Waals surface area contributed by atoms with E-state index in [1.165, 1.54) is 0 Å².